The number of hydrogen-bond donors (Lipinski definition) is 0. The Balaban J connectivity index is 2.45. The third kappa shape index (κ3) is 5.31. The lowest BCUT2D eigenvalue weighted by molar-refractivity contribution is -0.106. The molecular weight excluding hydrogens is 256 g/mol. The van der Waals surface area contributed by atoms with E-state index < -0.39 is 6.29 Å². The summed E-state index contributed by atoms with van der Waals surface area (Å²) in [4.78, 5) is 11.8. The zero-order chi connectivity index (χ0) is 14.8. The number of unbranched alkanes of at least 4 members (excludes halogenated alkanes) is 3. The summed E-state index contributed by atoms with van der Waals surface area (Å²) in [5, 5.41) is 0. The van der Waals surface area contributed by atoms with Crippen LogP contribution < -0.4 is 0 Å². The van der Waals surface area contributed by atoms with E-state index in [0.717, 1.165) is 18.4 Å². The molecule has 0 aliphatic carbocycles. The summed E-state index contributed by atoms with van der Waals surface area (Å²) >= 11 is 0. The minimum absolute atomic E-state index is 0.278. The average Bonchev–Trinajstić information content (AvgIpc) is 2.49. The van der Waals surface area contributed by atoms with Gasteiger partial charge in [0.25, 0.3) is 0 Å². The van der Waals surface area contributed by atoms with E-state index in [2.05, 4.69) is 6.92 Å². The molecule has 0 radical (unpaired) electrons. The molecule has 0 amide bonds. The van der Waals surface area contributed by atoms with E-state index >= 15 is 0 Å². The number of ether oxygens (including phenoxy) is 3. The molecule has 0 spiro atoms. The van der Waals surface area contributed by atoms with Crippen LogP contribution in [0.1, 0.15) is 54.8 Å². The van der Waals surface area contributed by atoms with Gasteiger partial charge in [-0.15, -0.1) is 0 Å². The van der Waals surface area contributed by atoms with Crippen LogP contribution in [0.2, 0.25) is 0 Å². The molecule has 4 heteroatoms. The lowest BCUT2D eigenvalue weighted by Crippen LogP contribution is -2.08. The SMILES string of the molecule is CCCCCCOC(=O)c1ccc(C(OC)OC)cc1. The van der Waals surface area contributed by atoms with Gasteiger partial charge in [-0.2, -0.15) is 0 Å². The minimum atomic E-state index is -0.408. The Morgan fingerprint density at radius 3 is 2.25 bits per heavy atom. The van der Waals surface area contributed by atoms with Gasteiger partial charge in [0.2, 0.25) is 0 Å². The molecule has 0 fully saturated rings. The van der Waals surface area contributed by atoms with Gasteiger partial charge in [0.1, 0.15) is 0 Å². The molecule has 0 aromatic heterocycles. The molecule has 0 bridgehead atoms. The smallest absolute Gasteiger partial charge is 0.338 e. The van der Waals surface area contributed by atoms with Crippen LogP contribution in [-0.2, 0) is 14.2 Å². The standard InChI is InChI=1S/C16H24O4/c1-4-5-6-7-12-20-15(17)13-8-10-14(11-9-13)16(18-2)19-3/h8-11,16H,4-7,12H2,1-3H3. The van der Waals surface area contributed by atoms with E-state index in [-0.39, 0.29) is 5.97 Å². The molecule has 0 unspecified atom stereocenters. The van der Waals surface area contributed by atoms with Crippen molar-refractivity contribution in [2.45, 2.75) is 38.9 Å². The number of methoxy groups -OCH3 is 2. The van der Waals surface area contributed by atoms with Gasteiger partial charge >= 0.3 is 5.97 Å². The highest BCUT2D eigenvalue weighted by molar-refractivity contribution is 5.89. The van der Waals surface area contributed by atoms with E-state index in [0.29, 0.717) is 12.2 Å². The average molecular weight is 280 g/mol. The number of rotatable bonds is 9. The quantitative estimate of drug-likeness (QED) is 0.393. The van der Waals surface area contributed by atoms with Crippen molar-refractivity contribution < 1.29 is 19.0 Å². The van der Waals surface area contributed by atoms with Gasteiger partial charge in [-0.3, -0.25) is 0 Å². The first kappa shape index (κ1) is 16.7. The van der Waals surface area contributed by atoms with E-state index in [1.807, 2.05) is 12.1 Å². The van der Waals surface area contributed by atoms with Crippen LogP contribution in [-0.4, -0.2) is 26.8 Å². The number of benzene rings is 1. The Hall–Kier alpha value is -1.39. The molecular formula is C16H24O4. The molecule has 0 atom stereocenters. The van der Waals surface area contributed by atoms with Crippen LogP contribution in [0.25, 0.3) is 0 Å². The predicted octanol–water partition coefficient (Wildman–Crippen LogP) is 3.72. The predicted molar refractivity (Wildman–Crippen MR) is 77.6 cm³/mol. The molecule has 112 valence electrons. The third-order valence-corrected chi connectivity index (χ3v) is 3.08. The molecule has 1 aromatic carbocycles. The summed E-state index contributed by atoms with van der Waals surface area (Å²) < 4.78 is 15.5. The van der Waals surface area contributed by atoms with E-state index in [4.69, 9.17) is 14.2 Å². The van der Waals surface area contributed by atoms with Crippen LogP contribution in [0, 0.1) is 0 Å². The van der Waals surface area contributed by atoms with Crippen molar-refractivity contribution in [1.82, 2.24) is 0 Å². The van der Waals surface area contributed by atoms with Crippen molar-refractivity contribution in [3.63, 3.8) is 0 Å². The minimum Gasteiger partial charge on any atom is -0.462 e. The van der Waals surface area contributed by atoms with Crippen LogP contribution in [0.3, 0.4) is 0 Å². The van der Waals surface area contributed by atoms with Gasteiger partial charge in [0, 0.05) is 19.8 Å². The van der Waals surface area contributed by atoms with Crippen LogP contribution >= 0.6 is 0 Å². The maximum absolute atomic E-state index is 11.8. The fourth-order valence-electron chi connectivity index (χ4n) is 1.92. The highest BCUT2D eigenvalue weighted by Crippen LogP contribution is 2.18. The second-order valence-electron chi connectivity index (χ2n) is 4.62. The van der Waals surface area contributed by atoms with Crippen molar-refractivity contribution in [3.8, 4) is 0 Å². The van der Waals surface area contributed by atoms with Gasteiger partial charge < -0.3 is 14.2 Å². The van der Waals surface area contributed by atoms with E-state index in [9.17, 15) is 4.79 Å². The highest BCUT2D eigenvalue weighted by Gasteiger charge is 2.11. The van der Waals surface area contributed by atoms with Gasteiger partial charge in [0.05, 0.1) is 12.2 Å². The maximum atomic E-state index is 11.8. The monoisotopic (exact) mass is 280 g/mol. The van der Waals surface area contributed by atoms with Gasteiger partial charge in [-0.05, 0) is 18.6 Å². The number of esters is 1. The Bertz CT molecular complexity index is 382. The van der Waals surface area contributed by atoms with Crippen molar-refractivity contribution in [2.75, 3.05) is 20.8 Å². The van der Waals surface area contributed by atoms with Gasteiger partial charge in [0.15, 0.2) is 6.29 Å². The van der Waals surface area contributed by atoms with Gasteiger partial charge in [-0.25, -0.2) is 4.79 Å². The fourth-order valence-corrected chi connectivity index (χ4v) is 1.92. The van der Waals surface area contributed by atoms with Crippen molar-refractivity contribution in [1.29, 1.82) is 0 Å². The molecule has 0 saturated heterocycles. The second-order valence-corrected chi connectivity index (χ2v) is 4.62. The molecule has 0 aliphatic heterocycles. The first-order chi connectivity index (χ1) is 9.72. The Kier molecular flexibility index (Phi) is 7.92. The zero-order valence-corrected chi connectivity index (χ0v) is 12.6. The first-order valence-corrected chi connectivity index (χ1v) is 7.05. The fraction of sp³-hybridized carbons (Fsp3) is 0.562. The lowest BCUT2D eigenvalue weighted by Gasteiger charge is -2.13. The Morgan fingerprint density at radius 2 is 1.70 bits per heavy atom. The van der Waals surface area contributed by atoms with Gasteiger partial charge in [-0.1, -0.05) is 38.3 Å². The first-order valence-electron chi connectivity index (χ1n) is 7.05. The lowest BCUT2D eigenvalue weighted by atomic mass is 10.1. The van der Waals surface area contributed by atoms with Crippen LogP contribution in [0.4, 0.5) is 0 Å². The highest BCUT2D eigenvalue weighted by atomic mass is 16.7. The molecule has 4 nitrogen and oxygen atoms in total. The molecule has 0 saturated carbocycles. The maximum Gasteiger partial charge on any atom is 0.338 e. The summed E-state index contributed by atoms with van der Waals surface area (Å²) in [6.07, 6.45) is 3.98. The van der Waals surface area contributed by atoms with Crippen LogP contribution in [0.15, 0.2) is 24.3 Å². The molecule has 0 heterocycles. The third-order valence-electron chi connectivity index (χ3n) is 3.08. The molecule has 1 rings (SSSR count). The van der Waals surface area contributed by atoms with E-state index in [1.165, 1.54) is 12.8 Å². The van der Waals surface area contributed by atoms with Crippen molar-refractivity contribution in [2.24, 2.45) is 0 Å². The summed E-state index contributed by atoms with van der Waals surface area (Å²) in [5.74, 6) is -0.278. The largest absolute Gasteiger partial charge is 0.462 e. The van der Waals surface area contributed by atoms with Crippen LogP contribution in [0.5, 0.6) is 0 Å². The second kappa shape index (κ2) is 9.50. The summed E-state index contributed by atoms with van der Waals surface area (Å²) in [5.41, 5.74) is 1.42. The molecule has 20 heavy (non-hydrogen) atoms. The zero-order valence-electron chi connectivity index (χ0n) is 12.6. The summed E-state index contributed by atoms with van der Waals surface area (Å²) in [6.45, 7) is 2.64. The summed E-state index contributed by atoms with van der Waals surface area (Å²) in [7, 11) is 3.15. The van der Waals surface area contributed by atoms with Crippen molar-refractivity contribution >= 4 is 5.97 Å². The molecule has 0 N–H and O–H groups in total. The number of carbonyl (C=O) groups excluding carboxylic acids is 1. The molecule has 1 aromatic rings. The van der Waals surface area contributed by atoms with E-state index in [1.54, 1.807) is 26.4 Å². The normalized spacial score (nSPS) is 10.8. The Morgan fingerprint density at radius 1 is 1.05 bits per heavy atom. The molecule has 0 aliphatic rings. The Labute approximate surface area is 121 Å². The number of carbonyl (C=O) groups is 1. The summed E-state index contributed by atoms with van der Waals surface area (Å²) in [6, 6.07) is 7.08. The number of hydrogen-bond acceptors (Lipinski definition) is 4. The van der Waals surface area contributed by atoms with Crippen molar-refractivity contribution in [3.05, 3.63) is 35.4 Å². The topological polar surface area (TPSA) is 44.8 Å².